The smallest absolute Gasteiger partial charge is 0.318 e. The molecule has 2 N–H and O–H groups in total. The average molecular weight is 540 g/mol. The Bertz CT molecular complexity index is 1360. The van der Waals surface area contributed by atoms with E-state index < -0.39 is 0 Å². The summed E-state index contributed by atoms with van der Waals surface area (Å²) in [5.74, 6) is 2.60. The second-order valence-electron chi connectivity index (χ2n) is 12.8. The first-order valence-corrected chi connectivity index (χ1v) is 14.8. The maximum Gasteiger partial charge on any atom is 0.318 e. The maximum absolute atomic E-state index is 13.7. The van der Waals surface area contributed by atoms with E-state index in [2.05, 4.69) is 10.6 Å². The minimum atomic E-state index is -0.236. The molecular weight excluding hydrogens is 498 g/mol. The quantitative estimate of drug-likeness (QED) is 0.361. The number of benzene rings is 2. The molecule has 4 aliphatic rings. The lowest BCUT2D eigenvalue weighted by Crippen LogP contribution is -2.62. The van der Waals surface area contributed by atoms with E-state index in [1.165, 1.54) is 19.3 Å². The van der Waals surface area contributed by atoms with Gasteiger partial charge in [0.15, 0.2) is 0 Å². The molecule has 7 nitrogen and oxygen atoms in total. The van der Waals surface area contributed by atoms with Gasteiger partial charge in [0, 0.05) is 17.1 Å². The minimum absolute atomic E-state index is 0.0256. The van der Waals surface area contributed by atoms with Gasteiger partial charge < -0.3 is 15.5 Å². The number of hydrogen-bond acceptors (Lipinski definition) is 3. The number of aryl methyl sites for hydroxylation is 2. The number of anilines is 1. The number of hydrogen-bond donors (Lipinski definition) is 2. The highest BCUT2D eigenvalue weighted by molar-refractivity contribution is 5.98. The summed E-state index contributed by atoms with van der Waals surface area (Å²) >= 11 is 0. The first-order chi connectivity index (χ1) is 19.2. The van der Waals surface area contributed by atoms with Gasteiger partial charge in [-0.3, -0.25) is 4.79 Å². The Morgan fingerprint density at radius 2 is 1.55 bits per heavy atom. The van der Waals surface area contributed by atoms with Crippen LogP contribution in [0.3, 0.4) is 0 Å². The summed E-state index contributed by atoms with van der Waals surface area (Å²) in [4.78, 5) is 29.0. The molecule has 40 heavy (non-hydrogen) atoms. The zero-order valence-corrected chi connectivity index (χ0v) is 24.1. The third-order valence-electron chi connectivity index (χ3n) is 9.27. The minimum Gasteiger partial charge on any atom is -0.333 e. The topological polar surface area (TPSA) is 79.3 Å². The average Bonchev–Trinajstić information content (AvgIpc) is 3.22. The summed E-state index contributed by atoms with van der Waals surface area (Å²) in [5, 5.41) is 11.4. The number of carbonyl (C=O) groups excluding carboxylic acids is 2. The van der Waals surface area contributed by atoms with Crippen molar-refractivity contribution in [2.45, 2.75) is 77.8 Å². The maximum atomic E-state index is 13.7. The van der Waals surface area contributed by atoms with Crippen molar-refractivity contribution in [1.29, 1.82) is 0 Å². The lowest BCUT2D eigenvalue weighted by molar-refractivity contribution is -0.117. The van der Waals surface area contributed by atoms with E-state index in [0.717, 1.165) is 65.1 Å². The molecule has 0 saturated heterocycles. The number of nitrogens with zero attached hydrogens (tertiary/aromatic N) is 3. The lowest BCUT2D eigenvalue weighted by Gasteiger charge is -2.57. The molecule has 4 bridgehead atoms. The van der Waals surface area contributed by atoms with Crippen molar-refractivity contribution >= 4 is 17.8 Å². The summed E-state index contributed by atoms with van der Waals surface area (Å²) < 4.78 is 1.80. The highest BCUT2D eigenvalue weighted by Gasteiger charge is 2.52. The largest absolute Gasteiger partial charge is 0.333 e. The van der Waals surface area contributed by atoms with Crippen LogP contribution in [0.1, 0.15) is 63.6 Å². The molecule has 4 fully saturated rings. The molecule has 2 aromatic carbocycles. The van der Waals surface area contributed by atoms with Crippen LogP contribution in [-0.2, 0) is 4.79 Å². The zero-order valence-electron chi connectivity index (χ0n) is 24.1. The van der Waals surface area contributed by atoms with Gasteiger partial charge in [0.05, 0.1) is 11.4 Å². The van der Waals surface area contributed by atoms with Crippen molar-refractivity contribution < 1.29 is 9.59 Å². The normalized spacial score (nSPS) is 24.8. The highest BCUT2D eigenvalue weighted by atomic mass is 16.2. The van der Waals surface area contributed by atoms with Crippen molar-refractivity contribution in [2.24, 2.45) is 17.8 Å². The molecule has 7 heteroatoms. The molecule has 3 amide bonds. The fourth-order valence-corrected chi connectivity index (χ4v) is 7.84. The van der Waals surface area contributed by atoms with Crippen LogP contribution in [0.2, 0.25) is 0 Å². The molecule has 0 atom stereocenters. The summed E-state index contributed by atoms with van der Waals surface area (Å²) in [5.41, 5.74) is 4.60. The number of carbonyl (C=O) groups is 2. The van der Waals surface area contributed by atoms with Gasteiger partial charge in [0.2, 0.25) is 5.91 Å². The van der Waals surface area contributed by atoms with Crippen molar-refractivity contribution in [3.63, 3.8) is 0 Å². The lowest BCUT2D eigenvalue weighted by atomic mass is 9.53. The van der Waals surface area contributed by atoms with Gasteiger partial charge in [-0.25, -0.2) is 9.48 Å². The molecule has 4 aliphatic carbocycles. The summed E-state index contributed by atoms with van der Waals surface area (Å²) in [7, 11) is 0. The van der Waals surface area contributed by atoms with E-state index in [1.807, 2.05) is 82.3 Å². The molecule has 0 aliphatic heterocycles. The number of rotatable bonds is 7. The fourth-order valence-electron chi connectivity index (χ4n) is 7.84. The molecule has 210 valence electrons. The van der Waals surface area contributed by atoms with Crippen molar-refractivity contribution in [3.05, 3.63) is 65.9 Å². The Morgan fingerprint density at radius 1 is 0.950 bits per heavy atom. The predicted octanol–water partition coefficient (Wildman–Crippen LogP) is 6.48. The van der Waals surface area contributed by atoms with E-state index in [-0.39, 0.29) is 30.1 Å². The predicted molar refractivity (Wildman–Crippen MR) is 158 cm³/mol. The number of urea groups is 1. The van der Waals surface area contributed by atoms with E-state index in [0.29, 0.717) is 5.82 Å². The molecule has 1 aromatic heterocycles. The van der Waals surface area contributed by atoms with Gasteiger partial charge in [-0.15, -0.1) is 0 Å². The summed E-state index contributed by atoms with van der Waals surface area (Å²) in [6.45, 7) is 7.93. The SMILES string of the molecule is Cc1ccc(-n2nc(C)c(-c3ccccc3)c2NC(=O)CN(C(=O)NC23CC4CC(CC(C4)C2)C3)C(C)C)cc1. The third kappa shape index (κ3) is 5.14. The van der Waals surface area contributed by atoms with Crippen LogP contribution in [0.15, 0.2) is 54.6 Å². The van der Waals surface area contributed by atoms with Crippen molar-refractivity contribution in [1.82, 2.24) is 20.0 Å². The highest BCUT2D eigenvalue weighted by Crippen LogP contribution is 2.55. The molecule has 4 saturated carbocycles. The van der Waals surface area contributed by atoms with Crippen molar-refractivity contribution in [3.8, 4) is 16.8 Å². The van der Waals surface area contributed by atoms with Crippen molar-refractivity contribution in [2.75, 3.05) is 11.9 Å². The molecule has 0 radical (unpaired) electrons. The monoisotopic (exact) mass is 539 g/mol. The number of aromatic nitrogens is 2. The second kappa shape index (κ2) is 10.4. The van der Waals surface area contributed by atoms with Gasteiger partial charge in [0.1, 0.15) is 12.4 Å². The molecule has 3 aromatic rings. The van der Waals surface area contributed by atoms with Crippen LogP contribution in [0.25, 0.3) is 16.8 Å². The van der Waals surface area contributed by atoms with Crippen LogP contribution in [0.4, 0.5) is 10.6 Å². The Hall–Kier alpha value is -3.61. The van der Waals surface area contributed by atoms with E-state index >= 15 is 0 Å². The first kappa shape index (κ1) is 26.6. The van der Waals surface area contributed by atoms with Gasteiger partial charge in [-0.1, -0.05) is 48.0 Å². The Kier molecular flexibility index (Phi) is 6.93. The Morgan fingerprint density at radius 3 is 2.12 bits per heavy atom. The number of amides is 3. The molecular formula is C33H41N5O2. The molecule has 0 unspecified atom stereocenters. The van der Waals surface area contributed by atoms with E-state index in [9.17, 15) is 9.59 Å². The molecule has 0 spiro atoms. The first-order valence-electron chi connectivity index (χ1n) is 14.8. The van der Waals surface area contributed by atoms with Gasteiger partial charge >= 0.3 is 6.03 Å². The van der Waals surface area contributed by atoms with Crippen LogP contribution < -0.4 is 10.6 Å². The van der Waals surface area contributed by atoms with Gasteiger partial charge in [-0.05, 0) is 102 Å². The van der Waals surface area contributed by atoms with Gasteiger partial charge in [0.25, 0.3) is 0 Å². The van der Waals surface area contributed by atoms with Crippen LogP contribution in [0.5, 0.6) is 0 Å². The summed E-state index contributed by atoms with van der Waals surface area (Å²) in [6.07, 6.45) is 7.21. The van der Waals surface area contributed by atoms with Crippen LogP contribution in [-0.4, -0.2) is 44.7 Å². The van der Waals surface area contributed by atoms with Gasteiger partial charge in [-0.2, -0.15) is 5.10 Å². The fraction of sp³-hybridized carbons (Fsp3) is 0.485. The Labute approximate surface area is 237 Å². The second-order valence-corrected chi connectivity index (χ2v) is 12.8. The number of nitrogens with one attached hydrogen (secondary N) is 2. The summed E-state index contributed by atoms with van der Waals surface area (Å²) in [6, 6.07) is 17.8. The Balaban J connectivity index is 1.25. The van der Waals surface area contributed by atoms with Crippen LogP contribution >= 0.6 is 0 Å². The van der Waals surface area contributed by atoms with E-state index in [4.69, 9.17) is 5.10 Å². The van der Waals surface area contributed by atoms with Crippen LogP contribution in [0, 0.1) is 31.6 Å². The van der Waals surface area contributed by atoms with E-state index in [1.54, 1.807) is 9.58 Å². The third-order valence-corrected chi connectivity index (χ3v) is 9.27. The molecule has 7 rings (SSSR count). The standard InChI is InChI=1S/C33H41N5O2/c1-21(2)37(32(40)35-33-17-24-14-25(18-33)16-26(15-24)19-33)20-29(39)34-31-30(27-8-6-5-7-9-27)23(4)36-38(31)28-12-10-22(3)11-13-28/h5-13,21,24-26H,14-20H2,1-4H3,(H,34,39)(H,35,40). The molecule has 1 heterocycles. The zero-order chi connectivity index (χ0) is 28.0.